The molecule has 2 saturated carbocycles. The molecule has 0 unspecified atom stereocenters. The summed E-state index contributed by atoms with van der Waals surface area (Å²) in [7, 11) is 0. The smallest absolute Gasteiger partial charge is 0.159 e. The fourth-order valence-corrected chi connectivity index (χ4v) is 7.48. The van der Waals surface area contributed by atoms with Crippen LogP contribution in [0.25, 0.3) is 0 Å². The second-order valence-corrected chi connectivity index (χ2v) is 10.8. The number of aliphatic hydroxyl groups excluding tert-OH is 1. The van der Waals surface area contributed by atoms with Gasteiger partial charge < -0.3 is 9.84 Å². The Labute approximate surface area is 170 Å². The molecule has 0 radical (unpaired) electrons. The van der Waals surface area contributed by atoms with Gasteiger partial charge in [-0.3, -0.25) is 4.79 Å². The van der Waals surface area contributed by atoms with Crippen LogP contribution in [0.1, 0.15) is 73.1 Å². The minimum Gasteiger partial charge on any atom is -0.396 e. The molecule has 3 heteroatoms. The number of ketones is 1. The Hall–Kier alpha value is -0.930. The lowest BCUT2D eigenvalue weighted by Crippen LogP contribution is -2.46. The number of carbonyl (C=O) groups excluding carboxylic acids is 1. The molecule has 3 nitrogen and oxygen atoms in total. The molecule has 1 N–H and O–H groups in total. The summed E-state index contributed by atoms with van der Waals surface area (Å²) in [4.78, 5) is 12.7. The molecule has 0 aromatic heterocycles. The molecule has 3 aliphatic carbocycles. The van der Waals surface area contributed by atoms with Crippen molar-refractivity contribution in [3.63, 3.8) is 0 Å². The monoisotopic (exact) mass is 386 g/mol. The summed E-state index contributed by atoms with van der Waals surface area (Å²) in [5.74, 6) is 1.73. The molecule has 1 saturated heterocycles. The van der Waals surface area contributed by atoms with Gasteiger partial charge in [0.15, 0.2) is 5.78 Å². The maximum absolute atomic E-state index is 12.7. The Bertz CT molecular complexity index is 703. The molecule has 4 aliphatic rings. The zero-order chi connectivity index (χ0) is 20.3. The van der Waals surface area contributed by atoms with Gasteiger partial charge in [-0.15, -0.1) is 0 Å². The van der Waals surface area contributed by atoms with Crippen molar-refractivity contribution in [3.05, 3.63) is 23.3 Å². The third-order valence-electron chi connectivity index (χ3n) is 8.80. The molecule has 1 heterocycles. The lowest BCUT2D eigenvalue weighted by atomic mass is 9.60. The van der Waals surface area contributed by atoms with Crippen LogP contribution in [0.2, 0.25) is 0 Å². The molecule has 28 heavy (non-hydrogen) atoms. The molecule has 4 rings (SSSR count). The van der Waals surface area contributed by atoms with E-state index in [1.807, 2.05) is 6.08 Å². The van der Waals surface area contributed by atoms with Crippen molar-refractivity contribution < 1.29 is 14.6 Å². The number of ether oxygens (including phenoxy) is 1. The van der Waals surface area contributed by atoms with Crippen molar-refractivity contribution >= 4 is 5.78 Å². The fourth-order valence-electron chi connectivity index (χ4n) is 7.48. The summed E-state index contributed by atoms with van der Waals surface area (Å²) in [6, 6.07) is 0. The van der Waals surface area contributed by atoms with Gasteiger partial charge in [-0.2, -0.15) is 0 Å². The molecular weight excluding hydrogens is 348 g/mol. The summed E-state index contributed by atoms with van der Waals surface area (Å²) in [6.07, 6.45) is 10.9. The predicted molar refractivity (Wildman–Crippen MR) is 112 cm³/mol. The van der Waals surface area contributed by atoms with Gasteiger partial charge in [-0.1, -0.05) is 31.1 Å². The minimum absolute atomic E-state index is 0.000308. The molecule has 156 valence electrons. The number of hydrogen-bond donors (Lipinski definition) is 1. The first-order valence-electron chi connectivity index (χ1n) is 11.4. The highest BCUT2D eigenvalue weighted by Gasteiger charge is 2.62. The van der Waals surface area contributed by atoms with Crippen molar-refractivity contribution in [2.75, 3.05) is 6.61 Å². The lowest BCUT2D eigenvalue weighted by Gasteiger charge is -2.46. The predicted octanol–water partition coefficient (Wildman–Crippen LogP) is 5.09. The van der Waals surface area contributed by atoms with Crippen molar-refractivity contribution in [2.24, 2.45) is 35.0 Å². The first-order valence-corrected chi connectivity index (χ1v) is 11.4. The van der Waals surface area contributed by atoms with Crippen LogP contribution in [0.15, 0.2) is 23.3 Å². The summed E-state index contributed by atoms with van der Waals surface area (Å²) in [5.41, 5.74) is 2.76. The van der Waals surface area contributed by atoms with Gasteiger partial charge in [0.05, 0.1) is 11.7 Å². The van der Waals surface area contributed by atoms with Crippen LogP contribution >= 0.6 is 0 Å². The Balaban J connectivity index is 1.67. The van der Waals surface area contributed by atoms with Crippen molar-refractivity contribution in [2.45, 2.75) is 84.8 Å². The van der Waals surface area contributed by atoms with Gasteiger partial charge in [0.1, 0.15) is 0 Å². The number of hydrogen-bond acceptors (Lipinski definition) is 3. The summed E-state index contributed by atoms with van der Waals surface area (Å²) < 4.78 is 6.87. The van der Waals surface area contributed by atoms with Crippen LogP contribution in [0, 0.1) is 35.0 Å². The molecule has 8 atom stereocenters. The minimum atomic E-state index is -0.0293. The Morgan fingerprint density at radius 2 is 2.07 bits per heavy atom. The second kappa shape index (κ2) is 7.09. The van der Waals surface area contributed by atoms with Crippen LogP contribution < -0.4 is 0 Å². The number of fused-ring (bicyclic) bond motifs is 3. The second-order valence-electron chi connectivity index (χ2n) is 10.8. The zero-order valence-electron chi connectivity index (χ0n) is 18.3. The van der Waals surface area contributed by atoms with Crippen LogP contribution in [0.4, 0.5) is 0 Å². The van der Waals surface area contributed by atoms with E-state index in [-0.39, 0.29) is 41.3 Å². The van der Waals surface area contributed by atoms with E-state index in [1.54, 1.807) is 0 Å². The quantitative estimate of drug-likeness (QED) is 0.673. The largest absolute Gasteiger partial charge is 0.396 e. The Morgan fingerprint density at radius 1 is 1.32 bits per heavy atom. The maximum Gasteiger partial charge on any atom is 0.159 e. The SMILES string of the molecule is CC(C)=C[C@H]1C[C@H](C)[C@]2(CC[C@]3(C)C[C@@H]4C(C)=CC(=O)[C@H]4[C@H](CO)CC[C@H]32)O1. The van der Waals surface area contributed by atoms with Gasteiger partial charge >= 0.3 is 0 Å². The standard InChI is InChI=1S/C25H38O3/c1-15(2)10-19-12-17(4)25(28-19)9-8-24(5)13-20-16(3)11-21(27)23(20)18(14-26)6-7-22(24)25/h10-11,17-20,22-23,26H,6-9,12-14H2,1-5H3/t17-,18-,19-,20+,22+,23-,24+,25-/m0/s1. The highest BCUT2D eigenvalue weighted by atomic mass is 16.5. The molecule has 1 spiro atoms. The molecule has 0 aromatic carbocycles. The number of carbonyl (C=O) groups is 1. The summed E-state index contributed by atoms with van der Waals surface area (Å²) in [5, 5.41) is 10.1. The molecule has 3 fully saturated rings. The maximum atomic E-state index is 12.7. The number of aliphatic hydroxyl groups is 1. The van der Waals surface area contributed by atoms with Gasteiger partial charge in [0, 0.05) is 12.5 Å². The average Bonchev–Trinajstić information content (AvgIpc) is 3.14. The average molecular weight is 387 g/mol. The molecule has 0 aromatic rings. The van der Waals surface area contributed by atoms with Crippen LogP contribution in [0.5, 0.6) is 0 Å². The third kappa shape index (κ3) is 3.04. The van der Waals surface area contributed by atoms with E-state index in [2.05, 4.69) is 40.7 Å². The normalized spacial score (nSPS) is 48.1. The van der Waals surface area contributed by atoms with Gasteiger partial charge in [0.25, 0.3) is 0 Å². The Kier molecular flexibility index (Phi) is 5.15. The zero-order valence-corrected chi connectivity index (χ0v) is 18.3. The summed E-state index contributed by atoms with van der Waals surface area (Å²) in [6.45, 7) is 11.4. The topological polar surface area (TPSA) is 46.5 Å². The van der Waals surface area contributed by atoms with E-state index in [0.717, 1.165) is 32.1 Å². The van der Waals surface area contributed by atoms with Crippen molar-refractivity contribution in [1.82, 2.24) is 0 Å². The van der Waals surface area contributed by atoms with Crippen molar-refractivity contribution in [3.8, 4) is 0 Å². The number of allylic oxidation sites excluding steroid dienone is 3. The van der Waals surface area contributed by atoms with Gasteiger partial charge in [-0.25, -0.2) is 0 Å². The van der Waals surface area contributed by atoms with E-state index in [9.17, 15) is 9.90 Å². The fraction of sp³-hybridized carbons (Fsp3) is 0.800. The number of rotatable bonds is 2. The molecule has 1 aliphatic heterocycles. The highest BCUT2D eigenvalue weighted by molar-refractivity contribution is 5.95. The van der Waals surface area contributed by atoms with Gasteiger partial charge in [0.2, 0.25) is 0 Å². The first kappa shape index (κ1) is 20.3. The Morgan fingerprint density at radius 3 is 2.75 bits per heavy atom. The summed E-state index contributed by atoms with van der Waals surface area (Å²) >= 11 is 0. The van der Waals surface area contributed by atoms with E-state index in [4.69, 9.17) is 4.74 Å². The first-order chi connectivity index (χ1) is 13.2. The van der Waals surface area contributed by atoms with Crippen molar-refractivity contribution in [1.29, 1.82) is 0 Å². The van der Waals surface area contributed by atoms with Crippen LogP contribution in [-0.4, -0.2) is 29.2 Å². The van der Waals surface area contributed by atoms with E-state index >= 15 is 0 Å². The molecule has 0 bridgehead atoms. The third-order valence-corrected chi connectivity index (χ3v) is 8.80. The lowest BCUT2D eigenvalue weighted by molar-refractivity contribution is -0.124. The van der Waals surface area contributed by atoms with E-state index in [0.29, 0.717) is 17.8 Å². The van der Waals surface area contributed by atoms with Crippen LogP contribution in [0.3, 0.4) is 0 Å². The van der Waals surface area contributed by atoms with E-state index in [1.165, 1.54) is 17.6 Å². The molecule has 0 amide bonds. The van der Waals surface area contributed by atoms with E-state index < -0.39 is 0 Å². The highest BCUT2D eigenvalue weighted by Crippen LogP contribution is 2.64. The molecular formula is C25H38O3. The van der Waals surface area contributed by atoms with Gasteiger partial charge in [-0.05, 0) is 94.5 Å². The van der Waals surface area contributed by atoms with Crippen LogP contribution in [-0.2, 0) is 9.53 Å².